The largest absolute Gasteiger partial charge is 0.206 e. The summed E-state index contributed by atoms with van der Waals surface area (Å²) in [6.45, 7) is 8.06. The van der Waals surface area contributed by atoms with Crippen molar-refractivity contribution in [1.29, 1.82) is 0 Å². The Hall–Kier alpha value is -1.81. The Balaban J connectivity index is 2.96. The number of halogens is 1. The molecule has 0 nitrogen and oxygen atoms in total. The van der Waals surface area contributed by atoms with Crippen LogP contribution in [0.2, 0.25) is 0 Å². The van der Waals surface area contributed by atoms with Gasteiger partial charge < -0.3 is 0 Å². The number of hydrogen-bond acceptors (Lipinski definition) is 0. The van der Waals surface area contributed by atoms with E-state index in [1.165, 1.54) is 17.2 Å². The van der Waals surface area contributed by atoms with E-state index in [1.807, 2.05) is 6.07 Å². The quantitative estimate of drug-likeness (QED) is 0.629. The topological polar surface area (TPSA) is 0 Å². The molecule has 0 spiro atoms. The van der Waals surface area contributed by atoms with Gasteiger partial charge in [0.05, 0.1) is 5.56 Å². The zero-order valence-electron chi connectivity index (χ0n) is 11.3. The Kier molecular flexibility index (Phi) is 3.39. The van der Waals surface area contributed by atoms with Crippen molar-refractivity contribution in [3.8, 4) is 11.8 Å². The molecule has 0 aliphatic heterocycles. The summed E-state index contributed by atoms with van der Waals surface area (Å²) in [4.78, 5) is 0. The minimum absolute atomic E-state index is 0.234. The summed E-state index contributed by atoms with van der Waals surface area (Å²) in [6, 6.07) is 7.56. The van der Waals surface area contributed by atoms with Crippen molar-refractivity contribution in [2.45, 2.75) is 33.6 Å². The van der Waals surface area contributed by atoms with Crippen molar-refractivity contribution in [3.05, 3.63) is 46.8 Å². The molecule has 0 amide bonds. The third-order valence-corrected chi connectivity index (χ3v) is 3.11. The van der Waals surface area contributed by atoms with Gasteiger partial charge in [-0.25, -0.2) is 4.39 Å². The second kappa shape index (κ2) is 4.82. The second-order valence-electron chi connectivity index (χ2n) is 4.90. The summed E-state index contributed by atoms with van der Waals surface area (Å²) in [7, 11) is 0. The van der Waals surface area contributed by atoms with E-state index >= 15 is 0 Å². The maximum absolute atomic E-state index is 13.9. The van der Waals surface area contributed by atoms with Gasteiger partial charge in [0.1, 0.15) is 5.82 Å². The Labute approximate surface area is 108 Å². The van der Waals surface area contributed by atoms with Gasteiger partial charge in [-0.3, -0.25) is 0 Å². The van der Waals surface area contributed by atoms with Crippen LogP contribution in [-0.4, -0.2) is 0 Å². The van der Waals surface area contributed by atoms with E-state index in [4.69, 9.17) is 0 Å². The Morgan fingerprint density at radius 3 is 2.50 bits per heavy atom. The number of benzene rings is 2. The summed E-state index contributed by atoms with van der Waals surface area (Å²) < 4.78 is 13.9. The van der Waals surface area contributed by atoms with E-state index in [1.54, 1.807) is 6.92 Å². The van der Waals surface area contributed by atoms with Crippen molar-refractivity contribution in [1.82, 2.24) is 0 Å². The first kappa shape index (κ1) is 12.6. The maximum atomic E-state index is 13.9. The van der Waals surface area contributed by atoms with Crippen LogP contribution in [0.25, 0.3) is 10.8 Å². The zero-order chi connectivity index (χ0) is 13.3. The van der Waals surface area contributed by atoms with Crippen LogP contribution in [0.5, 0.6) is 0 Å². The molecule has 0 saturated heterocycles. The molecular weight excluding hydrogens is 223 g/mol. The lowest BCUT2D eigenvalue weighted by Crippen LogP contribution is -1.96. The van der Waals surface area contributed by atoms with Crippen LogP contribution in [-0.2, 0) is 0 Å². The Bertz CT molecular complexity index is 655. The lowest BCUT2D eigenvalue weighted by molar-refractivity contribution is 0.626. The lowest BCUT2D eigenvalue weighted by atomic mass is 9.91. The predicted molar refractivity (Wildman–Crippen MR) is 75.3 cm³/mol. The molecular formula is C17H17F. The van der Waals surface area contributed by atoms with Gasteiger partial charge in [0.15, 0.2) is 0 Å². The summed E-state index contributed by atoms with van der Waals surface area (Å²) >= 11 is 0. The average Bonchev–Trinajstić information content (AvgIpc) is 2.32. The first-order valence-corrected chi connectivity index (χ1v) is 6.20. The van der Waals surface area contributed by atoms with Crippen molar-refractivity contribution in [2.24, 2.45) is 0 Å². The number of rotatable bonds is 1. The highest BCUT2D eigenvalue weighted by atomic mass is 19.1. The first-order valence-electron chi connectivity index (χ1n) is 6.20. The molecule has 0 radical (unpaired) electrons. The first-order chi connectivity index (χ1) is 8.54. The Morgan fingerprint density at radius 2 is 1.89 bits per heavy atom. The third kappa shape index (κ3) is 2.11. The minimum atomic E-state index is -0.234. The lowest BCUT2D eigenvalue weighted by Gasteiger charge is -2.14. The van der Waals surface area contributed by atoms with Crippen LogP contribution >= 0.6 is 0 Å². The van der Waals surface area contributed by atoms with Crippen molar-refractivity contribution in [2.75, 3.05) is 0 Å². The molecule has 1 heteroatoms. The van der Waals surface area contributed by atoms with Crippen LogP contribution in [0.1, 0.15) is 43.4 Å². The summed E-state index contributed by atoms with van der Waals surface area (Å²) in [5, 5.41) is 2.03. The van der Waals surface area contributed by atoms with Gasteiger partial charge in [0, 0.05) is 5.39 Å². The molecule has 0 fully saturated rings. The molecule has 0 N–H and O–H groups in total. The highest BCUT2D eigenvalue weighted by molar-refractivity contribution is 5.92. The smallest absolute Gasteiger partial charge is 0.139 e. The molecule has 0 aliphatic rings. The van der Waals surface area contributed by atoms with Crippen LogP contribution in [0.3, 0.4) is 0 Å². The van der Waals surface area contributed by atoms with E-state index in [-0.39, 0.29) is 5.82 Å². The fraction of sp³-hybridized carbons (Fsp3) is 0.294. The summed E-state index contributed by atoms with van der Waals surface area (Å²) in [5.74, 6) is 5.84. The summed E-state index contributed by atoms with van der Waals surface area (Å²) in [5.41, 5.74) is 2.90. The molecule has 0 unspecified atom stereocenters. The Morgan fingerprint density at radius 1 is 1.17 bits per heavy atom. The molecule has 2 aromatic carbocycles. The third-order valence-electron chi connectivity index (χ3n) is 3.11. The molecule has 2 rings (SSSR count). The normalized spacial score (nSPS) is 10.6. The van der Waals surface area contributed by atoms with Gasteiger partial charge in [-0.15, -0.1) is 5.92 Å². The van der Waals surface area contributed by atoms with Crippen LogP contribution < -0.4 is 0 Å². The van der Waals surface area contributed by atoms with E-state index < -0.39 is 0 Å². The van der Waals surface area contributed by atoms with E-state index in [9.17, 15) is 4.39 Å². The fourth-order valence-electron chi connectivity index (χ4n) is 2.33. The van der Waals surface area contributed by atoms with E-state index in [2.05, 4.69) is 44.7 Å². The zero-order valence-corrected chi connectivity index (χ0v) is 11.3. The molecule has 18 heavy (non-hydrogen) atoms. The van der Waals surface area contributed by atoms with E-state index in [0.717, 1.165) is 10.8 Å². The van der Waals surface area contributed by atoms with Gasteiger partial charge in [-0.1, -0.05) is 43.5 Å². The highest BCUT2D eigenvalue weighted by Crippen LogP contribution is 2.31. The molecule has 0 saturated carbocycles. The van der Waals surface area contributed by atoms with Gasteiger partial charge in [-0.05, 0) is 36.8 Å². The van der Waals surface area contributed by atoms with Crippen LogP contribution in [0.15, 0.2) is 24.3 Å². The number of fused-ring (bicyclic) bond motifs is 1. The number of hydrogen-bond donors (Lipinski definition) is 0. The van der Waals surface area contributed by atoms with Crippen molar-refractivity contribution >= 4 is 10.8 Å². The average molecular weight is 240 g/mol. The van der Waals surface area contributed by atoms with E-state index in [0.29, 0.717) is 11.5 Å². The highest BCUT2D eigenvalue weighted by Gasteiger charge is 2.12. The standard InChI is InChI=1S/C17H17F/c1-5-6-14-16(18)8-7-13-9-12(4)10-15(11(2)3)17(13)14/h7-11H,1-4H3. The molecule has 0 atom stereocenters. The SMILES string of the molecule is CC#Cc1c(F)ccc2cc(C)cc(C(C)C)c12. The maximum Gasteiger partial charge on any atom is 0.139 e. The van der Waals surface area contributed by atoms with Crippen molar-refractivity contribution in [3.63, 3.8) is 0 Å². The minimum Gasteiger partial charge on any atom is -0.206 e. The molecule has 0 aromatic heterocycles. The van der Waals surface area contributed by atoms with Crippen LogP contribution in [0.4, 0.5) is 4.39 Å². The molecule has 2 aromatic rings. The fourth-order valence-corrected chi connectivity index (χ4v) is 2.33. The van der Waals surface area contributed by atoms with Gasteiger partial charge in [0.2, 0.25) is 0 Å². The molecule has 0 heterocycles. The van der Waals surface area contributed by atoms with Gasteiger partial charge in [-0.2, -0.15) is 0 Å². The van der Waals surface area contributed by atoms with Gasteiger partial charge >= 0.3 is 0 Å². The second-order valence-corrected chi connectivity index (χ2v) is 4.90. The molecule has 0 bridgehead atoms. The van der Waals surface area contributed by atoms with Gasteiger partial charge in [0.25, 0.3) is 0 Å². The van der Waals surface area contributed by atoms with Crippen molar-refractivity contribution < 1.29 is 4.39 Å². The molecule has 92 valence electrons. The summed E-state index contributed by atoms with van der Waals surface area (Å²) in [6.07, 6.45) is 0. The predicted octanol–water partition coefficient (Wildman–Crippen LogP) is 4.78. The number of aryl methyl sites for hydroxylation is 1. The monoisotopic (exact) mass is 240 g/mol. The molecule has 0 aliphatic carbocycles. The van der Waals surface area contributed by atoms with Crippen LogP contribution in [0, 0.1) is 24.6 Å².